The van der Waals surface area contributed by atoms with Gasteiger partial charge < -0.3 is 4.90 Å². The Morgan fingerprint density at radius 2 is 1.93 bits per heavy atom. The Balaban J connectivity index is 1.77. The lowest BCUT2D eigenvalue weighted by molar-refractivity contribution is -0.121. The minimum Gasteiger partial charge on any atom is -0.337 e. The van der Waals surface area contributed by atoms with Crippen LogP contribution in [0.25, 0.3) is 0 Å². The summed E-state index contributed by atoms with van der Waals surface area (Å²) in [6, 6.07) is 14.4. The molecule has 2 aromatic rings. The van der Waals surface area contributed by atoms with E-state index in [2.05, 4.69) is 41.8 Å². The molecule has 0 spiro atoms. The molecule has 2 aliphatic heterocycles. The molecule has 0 bridgehead atoms. The number of amidine groups is 1. The van der Waals surface area contributed by atoms with E-state index < -0.39 is 0 Å². The summed E-state index contributed by atoms with van der Waals surface area (Å²) in [6.45, 7) is 8.33. The summed E-state index contributed by atoms with van der Waals surface area (Å²) in [6.07, 6.45) is 1.74. The second-order valence-corrected chi connectivity index (χ2v) is 8.76. The molecular formula is C22H21N3OS2. The molecule has 1 saturated heterocycles. The molecule has 2 heterocycles. The quantitative estimate of drug-likeness (QED) is 0.500. The van der Waals surface area contributed by atoms with Gasteiger partial charge >= 0.3 is 0 Å². The van der Waals surface area contributed by atoms with Crippen molar-refractivity contribution >= 4 is 46.0 Å². The average molecular weight is 408 g/mol. The van der Waals surface area contributed by atoms with E-state index in [0.29, 0.717) is 11.7 Å². The Kier molecular flexibility index (Phi) is 5.08. The number of carbonyl (C=O) groups is 1. The van der Waals surface area contributed by atoms with E-state index in [9.17, 15) is 4.79 Å². The molecule has 0 radical (unpaired) electrons. The lowest BCUT2D eigenvalue weighted by Gasteiger charge is -2.15. The molecule has 4 nitrogen and oxygen atoms in total. The third-order valence-electron chi connectivity index (χ3n) is 4.69. The maximum atomic E-state index is 13.2. The van der Waals surface area contributed by atoms with Crippen LogP contribution in [0.15, 0.2) is 74.9 Å². The van der Waals surface area contributed by atoms with Gasteiger partial charge in [-0.1, -0.05) is 42.1 Å². The Morgan fingerprint density at radius 1 is 1.14 bits per heavy atom. The molecule has 6 heteroatoms. The second kappa shape index (κ2) is 7.53. The first-order chi connectivity index (χ1) is 13.5. The monoisotopic (exact) mass is 407 g/mol. The number of carbonyl (C=O) groups excluding carboxylic acids is 1. The van der Waals surface area contributed by atoms with Crippen molar-refractivity contribution < 1.29 is 4.79 Å². The van der Waals surface area contributed by atoms with Crippen molar-refractivity contribution in [3.8, 4) is 0 Å². The summed E-state index contributed by atoms with van der Waals surface area (Å²) in [5.74, 6) is -0.0175. The second-order valence-electron chi connectivity index (χ2n) is 6.75. The van der Waals surface area contributed by atoms with Crippen LogP contribution in [0.1, 0.15) is 11.1 Å². The van der Waals surface area contributed by atoms with Gasteiger partial charge in [0.15, 0.2) is 5.17 Å². The Labute approximate surface area is 174 Å². The Bertz CT molecular complexity index is 1040. The Morgan fingerprint density at radius 3 is 2.68 bits per heavy atom. The fraction of sp³-hybridized carbons (Fsp3) is 0.182. The van der Waals surface area contributed by atoms with E-state index in [4.69, 9.17) is 4.99 Å². The first kappa shape index (κ1) is 18.9. The van der Waals surface area contributed by atoms with Gasteiger partial charge in [-0.05, 0) is 54.9 Å². The fourth-order valence-corrected chi connectivity index (χ4v) is 5.50. The van der Waals surface area contributed by atoms with Crippen LogP contribution in [-0.4, -0.2) is 29.6 Å². The molecule has 2 aromatic carbocycles. The smallest absolute Gasteiger partial charge is 0.269 e. The number of benzene rings is 2. The predicted molar refractivity (Wildman–Crippen MR) is 120 cm³/mol. The number of aryl methyl sites for hydroxylation is 2. The van der Waals surface area contributed by atoms with Gasteiger partial charge in [-0.15, -0.1) is 6.58 Å². The molecule has 1 fully saturated rings. The molecule has 28 heavy (non-hydrogen) atoms. The standard InChI is InChI=1S/C22H21N3OS2/c1-5-12-25-20(26)19(21-24(4)17-8-6-7-9-18(17)27-21)28-22(25)23-16-13-14(2)10-11-15(16)3/h5-11,13H,1,12H2,2-4H3. The van der Waals surface area contributed by atoms with E-state index in [1.165, 1.54) is 11.8 Å². The van der Waals surface area contributed by atoms with Crippen LogP contribution in [-0.2, 0) is 4.79 Å². The van der Waals surface area contributed by atoms with Crippen LogP contribution in [0.4, 0.5) is 11.4 Å². The zero-order valence-electron chi connectivity index (χ0n) is 16.1. The number of para-hydroxylation sites is 1. The highest BCUT2D eigenvalue weighted by Gasteiger charge is 2.38. The van der Waals surface area contributed by atoms with E-state index >= 15 is 0 Å². The summed E-state index contributed by atoms with van der Waals surface area (Å²) in [5.41, 5.74) is 4.25. The normalized spacial score (nSPS) is 20.2. The van der Waals surface area contributed by atoms with Gasteiger partial charge in [-0.25, -0.2) is 4.99 Å². The molecule has 2 aliphatic rings. The lowest BCUT2D eigenvalue weighted by Crippen LogP contribution is -2.29. The largest absolute Gasteiger partial charge is 0.337 e. The van der Waals surface area contributed by atoms with Crippen LogP contribution in [0, 0.1) is 13.8 Å². The number of amides is 1. The molecule has 142 valence electrons. The molecule has 0 saturated carbocycles. The predicted octanol–water partition coefficient (Wildman–Crippen LogP) is 5.46. The van der Waals surface area contributed by atoms with Gasteiger partial charge in [0.2, 0.25) is 0 Å². The molecule has 0 atom stereocenters. The first-order valence-corrected chi connectivity index (χ1v) is 10.6. The number of thioether (sulfide) groups is 2. The van der Waals surface area contributed by atoms with Crippen LogP contribution in [0.5, 0.6) is 0 Å². The van der Waals surface area contributed by atoms with Crippen LogP contribution in [0.3, 0.4) is 0 Å². The first-order valence-electron chi connectivity index (χ1n) is 9.01. The van der Waals surface area contributed by atoms with E-state index in [-0.39, 0.29) is 5.91 Å². The van der Waals surface area contributed by atoms with Crippen molar-refractivity contribution in [1.82, 2.24) is 4.90 Å². The van der Waals surface area contributed by atoms with E-state index in [0.717, 1.165) is 37.3 Å². The number of hydrogen-bond donors (Lipinski definition) is 0. The van der Waals surface area contributed by atoms with E-state index in [1.54, 1.807) is 22.7 Å². The summed E-state index contributed by atoms with van der Waals surface area (Å²) < 4.78 is 0. The molecule has 0 aliphatic carbocycles. The van der Waals surface area contributed by atoms with Gasteiger partial charge in [0, 0.05) is 18.5 Å². The topological polar surface area (TPSA) is 35.9 Å². The third kappa shape index (κ3) is 3.27. The van der Waals surface area contributed by atoms with E-state index in [1.807, 2.05) is 33.0 Å². The molecule has 0 aromatic heterocycles. The number of rotatable bonds is 3. The van der Waals surface area contributed by atoms with Crippen molar-refractivity contribution in [2.75, 3.05) is 18.5 Å². The molecule has 4 rings (SSSR count). The van der Waals surface area contributed by atoms with Crippen LogP contribution in [0.2, 0.25) is 0 Å². The van der Waals surface area contributed by atoms with Gasteiger partial charge in [-0.2, -0.15) is 0 Å². The summed E-state index contributed by atoms with van der Waals surface area (Å²) in [5, 5.41) is 1.66. The van der Waals surface area contributed by atoms with Gasteiger partial charge in [0.05, 0.1) is 16.4 Å². The van der Waals surface area contributed by atoms with Crippen molar-refractivity contribution in [2.24, 2.45) is 4.99 Å². The van der Waals surface area contributed by atoms with Gasteiger partial charge in [0.1, 0.15) is 4.91 Å². The number of anilines is 1. The van der Waals surface area contributed by atoms with Gasteiger partial charge in [-0.3, -0.25) is 9.69 Å². The molecule has 1 amide bonds. The highest BCUT2D eigenvalue weighted by molar-refractivity contribution is 8.19. The number of hydrogen-bond acceptors (Lipinski definition) is 5. The van der Waals surface area contributed by atoms with Crippen molar-refractivity contribution in [3.63, 3.8) is 0 Å². The molecule has 0 unspecified atom stereocenters. The van der Waals surface area contributed by atoms with Crippen molar-refractivity contribution in [2.45, 2.75) is 18.7 Å². The fourth-order valence-electron chi connectivity index (χ4n) is 3.15. The molecule has 0 N–H and O–H groups in total. The van der Waals surface area contributed by atoms with Crippen LogP contribution < -0.4 is 4.90 Å². The summed E-state index contributed by atoms with van der Waals surface area (Å²) in [7, 11) is 2.01. The maximum absolute atomic E-state index is 13.2. The Hall–Kier alpha value is -2.44. The number of fused-ring (bicyclic) bond motifs is 1. The van der Waals surface area contributed by atoms with Gasteiger partial charge in [0.25, 0.3) is 5.91 Å². The summed E-state index contributed by atoms with van der Waals surface area (Å²) in [4.78, 5) is 23.7. The highest BCUT2D eigenvalue weighted by atomic mass is 32.2. The lowest BCUT2D eigenvalue weighted by atomic mass is 10.1. The minimum atomic E-state index is -0.0175. The zero-order chi connectivity index (χ0) is 19.8. The average Bonchev–Trinajstić information content (AvgIpc) is 3.17. The van der Waals surface area contributed by atoms with Crippen molar-refractivity contribution in [1.29, 1.82) is 0 Å². The summed E-state index contributed by atoms with van der Waals surface area (Å²) >= 11 is 3.08. The van der Waals surface area contributed by atoms with Crippen LogP contribution >= 0.6 is 23.5 Å². The maximum Gasteiger partial charge on any atom is 0.269 e. The highest BCUT2D eigenvalue weighted by Crippen LogP contribution is 2.50. The van der Waals surface area contributed by atoms with Crippen molar-refractivity contribution in [3.05, 3.63) is 76.2 Å². The SMILES string of the molecule is C=CCN1C(=O)C(=C2Sc3ccccc3N2C)SC1=Nc1cc(C)ccc1C. The zero-order valence-corrected chi connectivity index (χ0v) is 17.7. The molecular weight excluding hydrogens is 386 g/mol. The number of nitrogens with zero attached hydrogens (tertiary/aromatic N) is 3. The minimum absolute atomic E-state index is 0.0175. The number of aliphatic imine (C=N–C) groups is 1. The third-order valence-corrected chi connectivity index (χ3v) is 7.12.